The molecule has 0 radical (unpaired) electrons. The van der Waals surface area contributed by atoms with Gasteiger partial charge in [-0.1, -0.05) is 0 Å². The second-order valence-corrected chi connectivity index (χ2v) is 3.00. The molecule has 0 amide bonds. The van der Waals surface area contributed by atoms with Gasteiger partial charge in [0.15, 0.2) is 0 Å². The number of hydrogen-bond acceptors (Lipinski definition) is 0. The molecule has 1 nitrogen and oxygen atoms in total. The molecule has 0 aromatic rings. The van der Waals surface area contributed by atoms with Crippen molar-refractivity contribution in [3.63, 3.8) is 0 Å². The first kappa shape index (κ1) is 11.0. The van der Waals surface area contributed by atoms with Gasteiger partial charge in [0, 0.05) is 0 Å². The lowest BCUT2D eigenvalue weighted by atomic mass is 10.9. The van der Waals surface area contributed by atoms with Crippen LogP contribution in [-0.2, 0) is 0 Å². The summed E-state index contributed by atoms with van der Waals surface area (Å²) in [6.45, 7) is 0. The lowest BCUT2D eigenvalue weighted by Crippen LogP contribution is -1.96. The molecule has 5 heteroatoms. The zero-order valence-corrected chi connectivity index (χ0v) is 6.19. The Morgan fingerprint density at radius 2 is 0.857 bits per heavy atom. The molecule has 0 aromatic carbocycles. The van der Waals surface area contributed by atoms with Crippen LogP contribution in [0, 0.1) is 0 Å². The fourth-order valence-corrected chi connectivity index (χ4v) is 0. The van der Waals surface area contributed by atoms with Crippen LogP contribution in [0.1, 0.15) is 0 Å². The summed E-state index contributed by atoms with van der Waals surface area (Å²) in [5, 5.41) is 0. The van der Waals surface area contributed by atoms with Crippen LogP contribution >= 0.6 is 46.4 Å². The van der Waals surface area contributed by atoms with E-state index in [1.54, 1.807) is 0 Å². The first-order chi connectivity index (χ1) is 2.64. The van der Waals surface area contributed by atoms with Gasteiger partial charge in [-0.2, -0.15) is 0 Å². The van der Waals surface area contributed by atoms with Crippen molar-refractivity contribution < 1.29 is 5.48 Å². The molecule has 0 rings (SSSR count). The predicted molar refractivity (Wildman–Crippen MR) is 34.6 cm³/mol. The minimum absolute atomic E-state index is 0. The average Bonchev–Trinajstić information content (AvgIpc) is 1.36. The van der Waals surface area contributed by atoms with Gasteiger partial charge < -0.3 is 5.48 Å². The minimum atomic E-state index is -0.673. The summed E-state index contributed by atoms with van der Waals surface area (Å²) in [6.07, 6.45) is 0. The standard InChI is InChI=1S/C2H2Cl4.H2O/c3-1(4)2(5)6;/h1-2H;1H2. The second kappa shape index (κ2) is 5.26. The first-order valence-corrected chi connectivity index (χ1v) is 2.95. The van der Waals surface area contributed by atoms with E-state index in [2.05, 4.69) is 0 Å². The fourth-order valence-electron chi connectivity index (χ4n) is 0. The third-order valence-electron chi connectivity index (χ3n) is 0.190. The smallest absolute Gasteiger partial charge is 0.137 e. The Labute approximate surface area is 61.8 Å². The van der Waals surface area contributed by atoms with Crippen LogP contribution in [0.5, 0.6) is 0 Å². The van der Waals surface area contributed by atoms with E-state index in [0.29, 0.717) is 0 Å². The average molecular weight is 186 g/mol. The molecule has 0 aliphatic heterocycles. The molecule has 0 spiro atoms. The molecule has 0 aromatic heterocycles. The lowest BCUT2D eigenvalue weighted by molar-refractivity contribution is 0.824. The molecule has 0 fully saturated rings. The van der Waals surface area contributed by atoms with Crippen molar-refractivity contribution in [2.45, 2.75) is 9.67 Å². The van der Waals surface area contributed by atoms with Gasteiger partial charge in [0.2, 0.25) is 0 Å². The van der Waals surface area contributed by atoms with Gasteiger partial charge in [-0.3, -0.25) is 0 Å². The number of rotatable bonds is 1. The molecule has 0 saturated heterocycles. The van der Waals surface area contributed by atoms with Crippen LogP contribution in [0.25, 0.3) is 0 Å². The van der Waals surface area contributed by atoms with E-state index in [-0.39, 0.29) is 5.48 Å². The zero-order chi connectivity index (χ0) is 5.15. The molecule has 7 heavy (non-hydrogen) atoms. The summed E-state index contributed by atoms with van der Waals surface area (Å²) in [5.74, 6) is 0. The molecule has 0 aliphatic rings. The van der Waals surface area contributed by atoms with E-state index in [1.807, 2.05) is 0 Å². The van der Waals surface area contributed by atoms with Crippen LogP contribution in [0.15, 0.2) is 0 Å². The fraction of sp³-hybridized carbons (Fsp3) is 1.00. The van der Waals surface area contributed by atoms with Crippen LogP contribution in [0.4, 0.5) is 0 Å². The zero-order valence-electron chi connectivity index (χ0n) is 3.17. The van der Waals surface area contributed by atoms with Gasteiger partial charge in [0.1, 0.15) is 9.67 Å². The van der Waals surface area contributed by atoms with E-state index >= 15 is 0 Å². The largest absolute Gasteiger partial charge is 0.412 e. The Morgan fingerprint density at radius 3 is 0.857 bits per heavy atom. The molecule has 0 atom stereocenters. The lowest BCUT2D eigenvalue weighted by Gasteiger charge is -1.95. The minimum Gasteiger partial charge on any atom is -0.412 e. The van der Waals surface area contributed by atoms with Crippen LogP contribution in [0.3, 0.4) is 0 Å². The topological polar surface area (TPSA) is 31.5 Å². The monoisotopic (exact) mass is 184 g/mol. The Balaban J connectivity index is 0. The van der Waals surface area contributed by atoms with Gasteiger partial charge in [-0.25, -0.2) is 0 Å². The maximum absolute atomic E-state index is 5.11. The molecular formula is C2H4Cl4O. The Morgan fingerprint density at radius 1 is 0.714 bits per heavy atom. The van der Waals surface area contributed by atoms with E-state index in [4.69, 9.17) is 46.4 Å². The first-order valence-electron chi connectivity index (χ1n) is 1.21. The van der Waals surface area contributed by atoms with Crippen molar-refractivity contribution in [3.05, 3.63) is 0 Å². The van der Waals surface area contributed by atoms with Crippen molar-refractivity contribution in [1.29, 1.82) is 0 Å². The maximum atomic E-state index is 5.11. The van der Waals surface area contributed by atoms with Crippen LogP contribution < -0.4 is 0 Å². The molecule has 0 unspecified atom stereocenters. The predicted octanol–water partition coefficient (Wildman–Crippen LogP) is 1.77. The van der Waals surface area contributed by atoms with E-state index < -0.39 is 9.67 Å². The van der Waals surface area contributed by atoms with E-state index in [0.717, 1.165) is 0 Å². The summed E-state index contributed by atoms with van der Waals surface area (Å²) in [7, 11) is 0. The highest BCUT2D eigenvalue weighted by molar-refractivity contribution is 6.56. The van der Waals surface area contributed by atoms with Crippen LogP contribution in [-0.4, -0.2) is 15.1 Å². The summed E-state index contributed by atoms with van der Waals surface area (Å²) >= 11 is 20.5. The quantitative estimate of drug-likeness (QED) is 0.558. The van der Waals surface area contributed by atoms with Gasteiger partial charge in [-0.05, 0) is 0 Å². The molecule has 46 valence electrons. The van der Waals surface area contributed by atoms with E-state index in [1.165, 1.54) is 0 Å². The SMILES string of the molecule is ClC(Cl)C(Cl)Cl.O. The molecule has 0 aliphatic carbocycles. The highest BCUT2D eigenvalue weighted by atomic mass is 35.5. The highest BCUT2D eigenvalue weighted by Gasteiger charge is 2.06. The molecule has 0 heterocycles. The molecule has 0 bridgehead atoms. The van der Waals surface area contributed by atoms with Gasteiger partial charge in [-0.15, -0.1) is 46.4 Å². The molecule has 2 N–H and O–H groups in total. The summed E-state index contributed by atoms with van der Waals surface area (Å²) in [6, 6.07) is 0. The Kier molecular flexibility index (Phi) is 8.26. The second-order valence-electron chi connectivity index (χ2n) is 0.669. The number of hydrogen-bond donors (Lipinski definition) is 0. The van der Waals surface area contributed by atoms with Gasteiger partial charge in [0.05, 0.1) is 0 Å². The van der Waals surface area contributed by atoms with Gasteiger partial charge >= 0.3 is 0 Å². The normalized spacial score (nSPS) is 9.43. The summed E-state index contributed by atoms with van der Waals surface area (Å²) < 4.78 is 0. The van der Waals surface area contributed by atoms with Crippen molar-refractivity contribution >= 4 is 46.4 Å². The summed E-state index contributed by atoms with van der Waals surface area (Å²) in [5.41, 5.74) is 0. The number of alkyl halides is 4. The molecular weight excluding hydrogens is 182 g/mol. The van der Waals surface area contributed by atoms with Crippen molar-refractivity contribution in [2.24, 2.45) is 0 Å². The van der Waals surface area contributed by atoms with Crippen molar-refractivity contribution in [3.8, 4) is 0 Å². The number of halogens is 4. The van der Waals surface area contributed by atoms with Gasteiger partial charge in [0.25, 0.3) is 0 Å². The van der Waals surface area contributed by atoms with E-state index in [9.17, 15) is 0 Å². The Hall–Kier alpha value is 1.12. The van der Waals surface area contributed by atoms with Crippen LogP contribution in [0.2, 0.25) is 0 Å². The van der Waals surface area contributed by atoms with Crippen molar-refractivity contribution in [2.75, 3.05) is 0 Å². The maximum Gasteiger partial charge on any atom is 0.137 e. The Bertz CT molecular complexity index is 30.7. The highest BCUT2D eigenvalue weighted by Crippen LogP contribution is 2.16. The molecule has 0 saturated carbocycles. The third-order valence-corrected chi connectivity index (χ3v) is 1.71. The van der Waals surface area contributed by atoms with Crippen molar-refractivity contribution in [1.82, 2.24) is 0 Å². The third kappa shape index (κ3) is 7.12. The summed E-state index contributed by atoms with van der Waals surface area (Å²) in [4.78, 5) is -1.35.